The average molecular weight is 314 g/mol. The van der Waals surface area contributed by atoms with Gasteiger partial charge in [-0.2, -0.15) is 0 Å². The third-order valence-corrected chi connectivity index (χ3v) is 3.18. The molecule has 0 unspecified atom stereocenters. The van der Waals surface area contributed by atoms with Crippen molar-refractivity contribution in [3.8, 4) is 5.75 Å². The van der Waals surface area contributed by atoms with Crippen molar-refractivity contribution in [3.05, 3.63) is 29.3 Å². The molecule has 0 atom stereocenters. The summed E-state index contributed by atoms with van der Waals surface area (Å²) in [5.41, 5.74) is 0. The number of unbranched alkanes of at least 4 members (excludes halogenated alkanes) is 1. The van der Waals surface area contributed by atoms with Gasteiger partial charge in [0.15, 0.2) is 0 Å². The van der Waals surface area contributed by atoms with Crippen LogP contribution in [-0.4, -0.2) is 42.1 Å². The van der Waals surface area contributed by atoms with Gasteiger partial charge in [0, 0.05) is 24.9 Å². The summed E-state index contributed by atoms with van der Waals surface area (Å²) in [7, 11) is 1.71. The lowest BCUT2D eigenvalue weighted by atomic mass is 10.2. The van der Waals surface area contributed by atoms with Crippen molar-refractivity contribution in [1.29, 1.82) is 0 Å². The molecule has 6 heteroatoms. The first-order valence-corrected chi connectivity index (χ1v) is 7.21. The minimum atomic E-state index is -0.828. The minimum absolute atomic E-state index is 0.00455. The number of aliphatic carboxylic acids is 1. The number of hydrogen-bond donors (Lipinski definition) is 1. The fourth-order valence-electron chi connectivity index (χ4n) is 1.73. The normalized spacial score (nSPS) is 10.2. The Hall–Kier alpha value is -1.75. The van der Waals surface area contributed by atoms with Crippen LogP contribution in [0.15, 0.2) is 24.3 Å². The molecule has 1 N–H and O–H groups in total. The van der Waals surface area contributed by atoms with Gasteiger partial charge in [-0.05, 0) is 31.0 Å². The molecule has 21 heavy (non-hydrogen) atoms. The number of benzene rings is 1. The maximum atomic E-state index is 11.8. The highest BCUT2D eigenvalue weighted by Crippen LogP contribution is 2.16. The molecule has 1 aromatic rings. The summed E-state index contributed by atoms with van der Waals surface area (Å²) < 4.78 is 5.51. The second-order valence-electron chi connectivity index (χ2n) is 4.72. The van der Waals surface area contributed by atoms with Crippen LogP contribution in [0, 0.1) is 0 Å². The number of carboxylic acid groups (broad SMARTS) is 1. The summed E-state index contributed by atoms with van der Waals surface area (Å²) in [4.78, 5) is 23.7. The van der Waals surface area contributed by atoms with Crippen molar-refractivity contribution in [2.45, 2.75) is 25.7 Å². The number of carbonyl (C=O) groups excluding carboxylic acids is 1. The smallest absolute Gasteiger partial charge is 0.303 e. The molecular weight excluding hydrogens is 294 g/mol. The Kier molecular flexibility index (Phi) is 7.61. The van der Waals surface area contributed by atoms with E-state index >= 15 is 0 Å². The molecule has 0 aromatic heterocycles. The number of hydrogen-bond acceptors (Lipinski definition) is 3. The van der Waals surface area contributed by atoms with Crippen molar-refractivity contribution in [2.24, 2.45) is 0 Å². The summed E-state index contributed by atoms with van der Waals surface area (Å²) in [6.07, 6.45) is 1.58. The molecule has 0 aliphatic carbocycles. The highest BCUT2D eigenvalue weighted by atomic mass is 35.5. The molecule has 5 nitrogen and oxygen atoms in total. The van der Waals surface area contributed by atoms with Gasteiger partial charge in [0.05, 0.1) is 6.54 Å². The number of amides is 1. The largest absolute Gasteiger partial charge is 0.492 e. The molecule has 1 amide bonds. The maximum Gasteiger partial charge on any atom is 0.303 e. The van der Waals surface area contributed by atoms with E-state index in [0.29, 0.717) is 43.2 Å². The lowest BCUT2D eigenvalue weighted by Gasteiger charge is -2.17. The van der Waals surface area contributed by atoms with Gasteiger partial charge in [0.1, 0.15) is 12.4 Å². The minimum Gasteiger partial charge on any atom is -0.492 e. The van der Waals surface area contributed by atoms with E-state index in [1.807, 2.05) is 0 Å². The van der Waals surface area contributed by atoms with E-state index in [0.717, 1.165) is 0 Å². The van der Waals surface area contributed by atoms with Crippen molar-refractivity contribution in [3.63, 3.8) is 0 Å². The number of rotatable bonds is 9. The third kappa shape index (κ3) is 7.56. The highest BCUT2D eigenvalue weighted by Gasteiger charge is 2.09. The van der Waals surface area contributed by atoms with Crippen molar-refractivity contribution in [2.75, 3.05) is 20.2 Å². The van der Waals surface area contributed by atoms with E-state index in [-0.39, 0.29) is 12.3 Å². The molecular formula is C15H20ClNO4. The number of ether oxygens (including phenoxy) is 1. The summed E-state index contributed by atoms with van der Waals surface area (Å²) in [6, 6.07) is 7.09. The zero-order chi connectivity index (χ0) is 15.7. The van der Waals surface area contributed by atoms with Gasteiger partial charge in [0.2, 0.25) is 5.91 Å². The van der Waals surface area contributed by atoms with Crippen LogP contribution < -0.4 is 4.74 Å². The van der Waals surface area contributed by atoms with Gasteiger partial charge in [-0.25, -0.2) is 0 Å². The van der Waals surface area contributed by atoms with E-state index in [9.17, 15) is 9.59 Å². The molecule has 0 bridgehead atoms. The molecule has 1 aromatic carbocycles. The molecule has 0 aliphatic heterocycles. The molecule has 0 heterocycles. The van der Waals surface area contributed by atoms with E-state index in [2.05, 4.69) is 0 Å². The van der Waals surface area contributed by atoms with Crippen LogP contribution >= 0.6 is 11.6 Å². The van der Waals surface area contributed by atoms with Gasteiger partial charge >= 0.3 is 5.97 Å². The van der Waals surface area contributed by atoms with Gasteiger partial charge in [-0.1, -0.05) is 17.7 Å². The predicted molar refractivity (Wildman–Crippen MR) is 80.7 cm³/mol. The van der Waals surface area contributed by atoms with Gasteiger partial charge in [-0.15, -0.1) is 0 Å². The maximum absolute atomic E-state index is 11.8. The SMILES string of the molecule is CN(CCOc1cccc(Cl)c1)C(=O)CCCCC(=O)O. The van der Waals surface area contributed by atoms with Crippen molar-refractivity contribution < 1.29 is 19.4 Å². The Balaban J connectivity index is 2.19. The molecule has 0 saturated carbocycles. The monoisotopic (exact) mass is 313 g/mol. The van der Waals surface area contributed by atoms with E-state index in [1.54, 1.807) is 36.2 Å². The predicted octanol–water partition coefficient (Wildman–Crippen LogP) is 2.82. The van der Waals surface area contributed by atoms with Crippen LogP contribution in [0.5, 0.6) is 5.75 Å². The van der Waals surface area contributed by atoms with Gasteiger partial charge in [0.25, 0.3) is 0 Å². The van der Waals surface area contributed by atoms with Crippen molar-refractivity contribution >= 4 is 23.5 Å². The second-order valence-corrected chi connectivity index (χ2v) is 5.16. The number of carboxylic acids is 1. The fourth-order valence-corrected chi connectivity index (χ4v) is 1.91. The van der Waals surface area contributed by atoms with Crippen LogP contribution in [-0.2, 0) is 9.59 Å². The molecule has 0 fully saturated rings. The Bertz CT molecular complexity index is 478. The van der Waals surface area contributed by atoms with E-state index in [4.69, 9.17) is 21.4 Å². The average Bonchev–Trinajstić information content (AvgIpc) is 2.43. The Morgan fingerprint density at radius 1 is 1.29 bits per heavy atom. The summed E-state index contributed by atoms with van der Waals surface area (Å²) in [6.45, 7) is 0.863. The lowest BCUT2D eigenvalue weighted by molar-refractivity contribution is -0.137. The van der Waals surface area contributed by atoms with Crippen molar-refractivity contribution in [1.82, 2.24) is 4.90 Å². The number of nitrogens with zero attached hydrogens (tertiary/aromatic N) is 1. The van der Waals surface area contributed by atoms with E-state index in [1.165, 1.54) is 0 Å². The fraction of sp³-hybridized carbons (Fsp3) is 0.467. The van der Waals surface area contributed by atoms with Crippen LogP contribution in [0.4, 0.5) is 0 Å². The topological polar surface area (TPSA) is 66.8 Å². The van der Waals surface area contributed by atoms with Crippen LogP contribution in [0.2, 0.25) is 5.02 Å². The third-order valence-electron chi connectivity index (χ3n) is 2.95. The first kappa shape index (κ1) is 17.3. The zero-order valence-corrected chi connectivity index (χ0v) is 12.8. The Morgan fingerprint density at radius 3 is 2.67 bits per heavy atom. The number of carbonyl (C=O) groups is 2. The number of halogens is 1. The number of likely N-dealkylation sites (N-methyl/N-ethyl adjacent to an activating group) is 1. The first-order valence-electron chi connectivity index (χ1n) is 6.83. The molecule has 116 valence electrons. The molecule has 0 radical (unpaired) electrons. The first-order chi connectivity index (χ1) is 9.99. The summed E-state index contributed by atoms with van der Waals surface area (Å²) in [5.74, 6) is -0.161. The molecule has 0 aliphatic rings. The summed E-state index contributed by atoms with van der Waals surface area (Å²) >= 11 is 5.84. The van der Waals surface area contributed by atoms with Crippen LogP contribution in [0.3, 0.4) is 0 Å². The lowest BCUT2D eigenvalue weighted by Crippen LogP contribution is -2.30. The molecule has 0 spiro atoms. The molecule has 0 saturated heterocycles. The highest BCUT2D eigenvalue weighted by molar-refractivity contribution is 6.30. The van der Waals surface area contributed by atoms with Crippen LogP contribution in [0.25, 0.3) is 0 Å². The Morgan fingerprint density at radius 2 is 2.00 bits per heavy atom. The van der Waals surface area contributed by atoms with Gasteiger partial charge in [-0.3, -0.25) is 9.59 Å². The van der Waals surface area contributed by atoms with Gasteiger partial charge < -0.3 is 14.7 Å². The van der Waals surface area contributed by atoms with E-state index < -0.39 is 5.97 Å². The standard InChI is InChI=1S/C15H20ClNO4/c1-17(14(18)7-2-3-8-15(19)20)9-10-21-13-6-4-5-12(16)11-13/h4-6,11H,2-3,7-10H2,1H3,(H,19,20). The molecule has 1 rings (SSSR count). The summed E-state index contributed by atoms with van der Waals surface area (Å²) in [5, 5.41) is 9.12. The second kappa shape index (κ2) is 9.23. The Labute approximate surface area is 129 Å². The van der Waals surface area contributed by atoms with Crippen LogP contribution in [0.1, 0.15) is 25.7 Å². The quantitative estimate of drug-likeness (QED) is 0.712. The zero-order valence-electron chi connectivity index (χ0n) is 12.0.